The van der Waals surface area contributed by atoms with Gasteiger partial charge in [0, 0.05) is 11.5 Å². The zero-order valence-corrected chi connectivity index (χ0v) is 9.91. The molecular weight excluding hydrogens is 194 g/mol. The molecule has 1 heterocycles. The van der Waals surface area contributed by atoms with Crippen molar-refractivity contribution in [3.05, 3.63) is 35.9 Å². The topological polar surface area (TPSA) is 12.0 Å². The summed E-state index contributed by atoms with van der Waals surface area (Å²) >= 11 is 0. The fourth-order valence-corrected chi connectivity index (χ4v) is 3.24. The summed E-state index contributed by atoms with van der Waals surface area (Å²) in [5, 5.41) is 3.78. The van der Waals surface area contributed by atoms with Crippen LogP contribution in [0.2, 0.25) is 0 Å². The third kappa shape index (κ3) is 1.78. The van der Waals surface area contributed by atoms with Gasteiger partial charge in [0.25, 0.3) is 0 Å². The standard InChI is InChI=1S/C15H21N/c1-3-7-13(8-4-1)15(10-11-15)14-9-5-2-6-12-16-14/h1,3-4,7-8,14,16H,2,5-6,9-12H2. The second kappa shape index (κ2) is 4.21. The van der Waals surface area contributed by atoms with E-state index >= 15 is 0 Å². The minimum Gasteiger partial charge on any atom is -0.313 e. The van der Waals surface area contributed by atoms with Gasteiger partial charge >= 0.3 is 0 Å². The van der Waals surface area contributed by atoms with Crippen LogP contribution in [-0.4, -0.2) is 12.6 Å². The second-order valence-electron chi connectivity index (χ2n) is 5.38. The van der Waals surface area contributed by atoms with Crippen molar-refractivity contribution in [2.75, 3.05) is 6.54 Å². The van der Waals surface area contributed by atoms with Gasteiger partial charge in [0.2, 0.25) is 0 Å². The Balaban J connectivity index is 1.82. The highest BCUT2D eigenvalue weighted by Crippen LogP contribution is 2.52. The van der Waals surface area contributed by atoms with E-state index in [0.717, 1.165) is 6.04 Å². The summed E-state index contributed by atoms with van der Waals surface area (Å²) in [5.41, 5.74) is 2.06. The van der Waals surface area contributed by atoms with Gasteiger partial charge in [0.05, 0.1) is 0 Å². The number of benzene rings is 1. The first-order valence-electron chi connectivity index (χ1n) is 6.71. The quantitative estimate of drug-likeness (QED) is 0.798. The predicted molar refractivity (Wildman–Crippen MR) is 67.6 cm³/mol. The van der Waals surface area contributed by atoms with Crippen molar-refractivity contribution in [2.24, 2.45) is 0 Å². The highest BCUT2D eigenvalue weighted by molar-refractivity contribution is 5.33. The fraction of sp³-hybridized carbons (Fsp3) is 0.600. The Morgan fingerprint density at radius 2 is 1.81 bits per heavy atom. The van der Waals surface area contributed by atoms with Crippen LogP contribution in [0.4, 0.5) is 0 Å². The molecule has 16 heavy (non-hydrogen) atoms. The maximum Gasteiger partial charge on any atom is 0.0164 e. The highest BCUT2D eigenvalue weighted by atomic mass is 14.9. The van der Waals surface area contributed by atoms with Crippen LogP contribution in [0.5, 0.6) is 0 Å². The average molecular weight is 215 g/mol. The van der Waals surface area contributed by atoms with Crippen LogP contribution in [0.25, 0.3) is 0 Å². The maximum atomic E-state index is 3.78. The molecule has 1 aromatic carbocycles. The van der Waals surface area contributed by atoms with Crippen molar-refractivity contribution in [1.29, 1.82) is 0 Å². The molecule has 0 amide bonds. The van der Waals surface area contributed by atoms with Crippen molar-refractivity contribution in [3.63, 3.8) is 0 Å². The van der Waals surface area contributed by atoms with Gasteiger partial charge in [-0.2, -0.15) is 0 Å². The Morgan fingerprint density at radius 1 is 1.00 bits per heavy atom. The lowest BCUT2D eigenvalue weighted by molar-refractivity contribution is 0.410. The normalized spacial score (nSPS) is 28.4. The molecular formula is C15H21N. The molecule has 1 aromatic rings. The van der Waals surface area contributed by atoms with Crippen molar-refractivity contribution < 1.29 is 0 Å². The van der Waals surface area contributed by atoms with Crippen LogP contribution in [0, 0.1) is 0 Å². The van der Waals surface area contributed by atoms with E-state index in [-0.39, 0.29) is 0 Å². The summed E-state index contributed by atoms with van der Waals surface area (Å²) in [7, 11) is 0. The van der Waals surface area contributed by atoms with Gasteiger partial charge in [-0.1, -0.05) is 43.2 Å². The molecule has 2 fully saturated rings. The van der Waals surface area contributed by atoms with E-state index in [1.165, 1.54) is 45.1 Å². The molecule has 1 atom stereocenters. The van der Waals surface area contributed by atoms with Gasteiger partial charge in [-0.25, -0.2) is 0 Å². The molecule has 1 nitrogen and oxygen atoms in total. The smallest absolute Gasteiger partial charge is 0.0164 e. The summed E-state index contributed by atoms with van der Waals surface area (Å²) in [5.74, 6) is 0. The molecule has 86 valence electrons. The summed E-state index contributed by atoms with van der Waals surface area (Å²) in [6, 6.07) is 11.9. The monoisotopic (exact) mass is 215 g/mol. The molecule has 1 saturated carbocycles. The van der Waals surface area contributed by atoms with E-state index in [1.807, 2.05) is 0 Å². The van der Waals surface area contributed by atoms with Gasteiger partial charge in [-0.3, -0.25) is 0 Å². The second-order valence-corrected chi connectivity index (χ2v) is 5.38. The SMILES string of the molecule is c1ccc(C2(C3CCCCCN3)CC2)cc1. The average Bonchev–Trinajstić information content (AvgIpc) is 3.15. The van der Waals surface area contributed by atoms with E-state index in [9.17, 15) is 0 Å². The van der Waals surface area contributed by atoms with Crippen LogP contribution < -0.4 is 5.32 Å². The van der Waals surface area contributed by atoms with Gasteiger partial charge < -0.3 is 5.32 Å². The minimum absolute atomic E-state index is 0.492. The van der Waals surface area contributed by atoms with Crippen LogP contribution in [0.1, 0.15) is 44.1 Å². The molecule has 1 aliphatic heterocycles. The summed E-state index contributed by atoms with van der Waals surface area (Å²) < 4.78 is 0. The molecule has 0 radical (unpaired) electrons. The molecule has 0 bridgehead atoms. The van der Waals surface area contributed by atoms with Crippen molar-refractivity contribution in [1.82, 2.24) is 5.32 Å². The van der Waals surface area contributed by atoms with Crippen LogP contribution in [0.15, 0.2) is 30.3 Å². The Bertz CT molecular complexity index is 332. The molecule has 0 spiro atoms. The van der Waals surface area contributed by atoms with E-state index in [1.54, 1.807) is 5.56 Å². The first kappa shape index (κ1) is 10.3. The molecule has 1 aliphatic carbocycles. The molecule has 1 unspecified atom stereocenters. The molecule has 1 heteroatoms. The molecule has 1 N–H and O–H groups in total. The Kier molecular flexibility index (Phi) is 2.72. The van der Waals surface area contributed by atoms with E-state index in [4.69, 9.17) is 0 Å². The Hall–Kier alpha value is -0.820. The fourth-order valence-electron chi connectivity index (χ4n) is 3.24. The Labute approximate surface area is 98.3 Å². The van der Waals surface area contributed by atoms with Crippen LogP contribution in [-0.2, 0) is 5.41 Å². The highest BCUT2D eigenvalue weighted by Gasteiger charge is 2.50. The minimum atomic E-state index is 0.492. The van der Waals surface area contributed by atoms with Crippen molar-refractivity contribution >= 4 is 0 Å². The zero-order chi connectivity index (χ0) is 10.8. The largest absolute Gasteiger partial charge is 0.313 e. The summed E-state index contributed by atoms with van der Waals surface area (Å²) in [4.78, 5) is 0. The van der Waals surface area contributed by atoms with Gasteiger partial charge in [0.1, 0.15) is 0 Å². The third-order valence-electron chi connectivity index (χ3n) is 4.36. The van der Waals surface area contributed by atoms with Gasteiger partial charge in [-0.15, -0.1) is 0 Å². The van der Waals surface area contributed by atoms with E-state index in [2.05, 4.69) is 35.6 Å². The lowest BCUT2D eigenvalue weighted by atomic mass is 9.85. The number of hydrogen-bond donors (Lipinski definition) is 1. The van der Waals surface area contributed by atoms with Gasteiger partial charge in [0.15, 0.2) is 0 Å². The third-order valence-corrected chi connectivity index (χ3v) is 4.36. The lowest BCUT2D eigenvalue weighted by Crippen LogP contribution is -2.39. The summed E-state index contributed by atoms with van der Waals surface area (Å²) in [6.07, 6.45) is 8.32. The Morgan fingerprint density at radius 3 is 2.56 bits per heavy atom. The van der Waals surface area contributed by atoms with Crippen LogP contribution in [0.3, 0.4) is 0 Å². The molecule has 2 aliphatic rings. The number of hydrogen-bond acceptors (Lipinski definition) is 1. The molecule has 1 saturated heterocycles. The first-order chi connectivity index (χ1) is 7.92. The zero-order valence-electron chi connectivity index (χ0n) is 9.91. The summed E-state index contributed by atoms with van der Waals surface area (Å²) in [6.45, 7) is 1.22. The molecule has 0 aromatic heterocycles. The van der Waals surface area contributed by atoms with Crippen molar-refractivity contribution in [3.8, 4) is 0 Å². The number of rotatable bonds is 2. The maximum absolute atomic E-state index is 3.78. The number of nitrogens with one attached hydrogen (secondary N) is 1. The molecule has 3 rings (SSSR count). The predicted octanol–water partition coefficient (Wildman–Crippen LogP) is 3.25. The van der Waals surface area contributed by atoms with Gasteiger partial charge in [-0.05, 0) is 37.8 Å². The lowest BCUT2D eigenvalue weighted by Gasteiger charge is -2.27. The van der Waals surface area contributed by atoms with Crippen molar-refractivity contribution in [2.45, 2.75) is 50.0 Å². The van der Waals surface area contributed by atoms with E-state index < -0.39 is 0 Å². The van der Waals surface area contributed by atoms with E-state index in [0.29, 0.717) is 5.41 Å². The first-order valence-corrected chi connectivity index (χ1v) is 6.71. The van der Waals surface area contributed by atoms with Crippen LogP contribution >= 0.6 is 0 Å².